The number of pyridine rings is 1. The lowest BCUT2D eigenvalue weighted by Crippen LogP contribution is -2.22. The van der Waals surface area contributed by atoms with Crippen LogP contribution in [0.2, 0.25) is 0 Å². The van der Waals surface area contributed by atoms with Gasteiger partial charge in [-0.2, -0.15) is 0 Å². The molecule has 0 aliphatic heterocycles. The zero-order valence-electron chi connectivity index (χ0n) is 9.22. The Morgan fingerprint density at radius 1 is 1.47 bits per heavy atom. The van der Waals surface area contributed by atoms with Crippen LogP contribution in [0.3, 0.4) is 0 Å². The maximum Gasteiger partial charge on any atom is 0.265 e. The Balaban J connectivity index is 2.94. The lowest BCUT2D eigenvalue weighted by atomic mass is 10.2. The van der Waals surface area contributed by atoms with Crippen molar-refractivity contribution < 1.29 is 0 Å². The number of aryl methyl sites for hydroxylation is 1. The van der Waals surface area contributed by atoms with Crippen molar-refractivity contribution in [1.82, 2.24) is 4.57 Å². The number of nitrogen functional groups attached to an aromatic ring is 1. The Morgan fingerprint density at radius 2 is 2.13 bits per heavy atom. The van der Waals surface area contributed by atoms with E-state index in [4.69, 9.17) is 5.73 Å². The topological polar surface area (TPSA) is 48.0 Å². The molecule has 0 spiro atoms. The highest BCUT2D eigenvalue weighted by atomic mass is 79.9. The molecular formula is C11H17BrN2O. The second-order valence-corrected chi connectivity index (χ2v) is 4.52. The lowest BCUT2D eigenvalue weighted by Gasteiger charge is -2.09. The second kappa shape index (κ2) is 5.35. The standard InChI is InChI=1S/C11H17BrN2O/c1-3-4-5-6-14-7-9(13)8(2)10(12)11(14)15/h7H,3-6,13H2,1-2H3. The van der Waals surface area contributed by atoms with E-state index in [1.54, 1.807) is 10.8 Å². The summed E-state index contributed by atoms with van der Waals surface area (Å²) in [6.07, 6.45) is 5.04. The first-order valence-electron chi connectivity index (χ1n) is 5.23. The smallest absolute Gasteiger partial charge is 0.265 e. The van der Waals surface area contributed by atoms with E-state index in [1.165, 1.54) is 0 Å². The first kappa shape index (κ1) is 12.3. The molecule has 0 saturated heterocycles. The highest BCUT2D eigenvalue weighted by Crippen LogP contribution is 2.17. The van der Waals surface area contributed by atoms with Crippen LogP contribution in [0.25, 0.3) is 0 Å². The molecule has 0 aliphatic carbocycles. The van der Waals surface area contributed by atoms with Gasteiger partial charge in [0, 0.05) is 12.7 Å². The predicted molar refractivity (Wildman–Crippen MR) is 67.1 cm³/mol. The molecular weight excluding hydrogens is 256 g/mol. The Bertz CT molecular complexity index is 398. The molecule has 0 aliphatic rings. The third-order valence-corrected chi connectivity index (χ3v) is 3.44. The highest BCUT2D eigenvalue weighted by Gasteiger charge is 2.07. The molecule has 0 fully saturated rings. The molecule has 0 unspecified atom stereocenters. The summed E-state index contributed by atoms with van der Waals surface area (Å²) >= 11 is 3.28. The van der Waals surface area contributed by atoms with E-state index in [0.29, 0.717) is 10.2 Å². The van der Waals surface area contributed by atoms with Crippen molar-refractivity contribution in [3.63, 3.8) is 0 Å². The van der Waals surface area contributed by atoms with Gasteiger partial charge >= 0.3 is 0 Å². The van der Waals surface area contributed by atoms with Crippen LogP contribution in [0.4, 0.5) is 5.69 Å². The van der Waals surface area contributed by atoms with Crippen molar-refractivity contribution in [2.75, 3.05) is 5.73 Å². The SMILES string of the molecule is CCCCCn1cc(N)c(C)c(Br)c1=O. The normalized spacial score (nSPS) is 10.6. The van der Waals surface area contributed by atoms with Crippen molar-refractivity contribution in [3.8, 4) is 0 Å². The van der Waals surface area contributed by atoms with Gasteiger partial charge in [-0.15, -0.1) is 0 Å². The van der Waals surface area contributed by atoms with E-state index in [-0.39, 0.29) is 5.56 Å². The maximum atomic E-state index is 11.8. The van der Waals surface area contributed by atoms with Gasteiger partial charge < -0.3 is 10.3 Å². The minimum atomic E-state index is 0.0119. The molecule has 0 aromatic carbocycles. The summed E-state index contributed by atoms with van der Waals surface area (Å²) in [7, 11) is 0. The molecule has 0 atom stereocenters. The molecule has 0 radical (unpaired) electrons. The van der Waals surface area contributed by atoms with E-state index in [0.717, 1.165) is 31.4 Å². The van der Waals surface area contributed by atoms with Crippen LogP contribution in [0.15, 0.2) is 15.5 Å². The highest BCUT2D eigenvalue weighted by molar-refractivity contribution is 9.10. The molecule has 4 heteroatoms. The summed E-state index contributed by atoms with van der Waals surface area (Å²) in [6.45, 7) is 4.73. The zero-order chi connectivity index (χ0) is 11.4. The fraction of sp³-hybridized carbons (Fsp3) is 0.545. The summed E-state index contributed by atoms with van der Waals surface area (Å²) in [5.41, 5.74) is 7.31. The van der Waals surface area contributed by atoms with Crippen LogP contribution >= 0.6 is 15.9 Å². The van der Waals surface area contributed by atoms with Gasteiger partial charge in [-0.3, -0.25) is 4.79 Å². The van der Waals surface area contributed by atoms with Gasteiger partial charge in [0.25, 0.3) is 5.56 Å². The Kier molecular flexibility index (Phi) is 4.39. The van der Waals surface area contributed by atoms with Crippen LogP contribution in [-0.2, 0) is 6.54 Å². The van der Waals surface area contributed by atoms with Crippen molar-refractivity contribution in [3.05, 3.63) is 26.6 Å². The molecule has 1 rings (SSSR count). The molecule has 2 N–H and O–H groups in total. The molecule has 0 saturated carbocycles. The van der Waals surface area contributed by atoms with Gasteiger partial charge in [-0.25, -0.2) is 0 Å². The molecule has 84 valence electrons. The van der Waals surface area contributed by atoms with E-state index < -0.39 is 0 Å². The van der Waals surface area contributed by atoms with Crippen molar-refractivity contribution in [1.29, 1.82) is 0 Å². The van der Waals surface area contributed by atoms with Crippen molar-refractivity contribution in [2.45, 2.75) is 39.7 Å². The summed E-state index contributed by atoms with van der Waals surface area (Å²) in [5.74, 6) is 0. The number of hydrogen-bond donors (Lipinski definition) is 1. The number of anilines is 1. The third kappa shape index (κ3) is 2.84. The van der Waals surface area contributed by atoms with E-state index in [1.807, 2.05) is 6.92 Å². The summed E-state index contributed by atoms with van der Waals surface area (Å²) < 4.78 is 2.27. The number of hydrogen-bond acceptors (Lipinski definition) is 2. The van der Waals surface area contributed by atoms with Gasteiger partial charge in [0.15, 0.2) is 0 Å². The Labute approximate surface area is 98.4 Å². The van der Waals surface area contributed by atoms with E-state index in [2.05, 4.69) is 22.9 Å². The number of halogens is 1. The fourth-order valence-corrected chi connectivity index (χ4v) is 1.89. The molecule has 1 aromatic heterocycles. The lowest BCUT2D eigenvalue weighted by molar-refractivity contribution is 0.586. The van der Waals surface area contributed by atoms with E-state index in [9.17, 15) is 4.79 Å². The monoisotopic (exact) mass is 272 g/mol. The molecule has 3 nitrogen and oxygen atoms in total. The van der Waals surface area contributed by atoms with Crippen LogP contribution < -0.4 is 11.3 Å². The molecule has 1 heterocycles. The summed E-state index contributed by atoms with van der Waals surface area (Å²) in [6, 6.07) is 0. The second-order valence-electron chi connectivity index (χ2n) is 3.73. The number of nitrogens with two attached hydrogens (primary N) is 1. The maximum absolute atomic E-state index is 11.8. The minimum absolute atomic E-state index is 0.0119. The number of nitrogens with zero attached hydrogens (tertiary/aromatic N) is 1. The molecule has 15 heavy (non-hydrogen) atoms. The summed E-state index contributed by atoms with van der Waals surface area (Å²) in [4.78, 5) is 11.8. The Hall–Kier alpha value is -0.770. The minimum Gasteiger partial charge on any atom is -0.397 e. The van der Waals surface area contributed by atoms with Gasteiger partial charge in [0.05, 0.1) is 10.2 Å². The van der Waals surface area contributed by atoms with Crippen LogP contribution in [0, 0.1) is 6.92 Å². The van der Waals surface area contributed by atoms with Crippen molar-refractivity contribution >= 4 is 21.6 Å². The van der Waals surface area contributed by atoms with Gasteiger partial charge in [0.2, 0.25) is 0 Å². The van der Waals surface area contributed by atoms with Crippen molar-refractivity contribution in [2.24, 2.45) is 0 Å². The van der Waals surface area contributed by atoms with Gasteiger partial charge in [0.1, 0.15) is 0 Å². The molecule has 1 aromatic rings. The number of aromatic nitrogens is 1. The number of rotatable bonds is 4. The number of unbranched alkanes of at least 4 members (excludes halogenated alkanes) is 2. The summed E-state index contributed by atoms with van der Waals surface area (Å²) in [5, 5.41) is 0. The quantitative estimate of drug-likeness (QED) is 0.857. The largest absolute Gasteiger partial charge is 0.397 e. The predicted octanol–water partition coefficient (Wildman–Crippen LogP) is 2.69. The van der Waals surface area contributed by atoms with E-state index >= 15 is 0 Å². The third-order valence-electron chi connectivity index (χ3n) is 2.51. The first-order chi connectivity index (χ1) is 7.07. The van der Waals surface area contributed by atoms with Gasteiger partial charge in [-0.05, 0) is 34.8 Å². The molecule has 0 amide bonds. The fourth-order valence-electron chi connectivity index (χ4n) is 1.43. The average molecular weight is 273 g/mol. The zero-order valence-corrected chi connectivity index (χ0v) is 10.8. The molecule has 0 bridgehead atoms. The van der Waals surface area contributed by atoms with Crippen LogP contribution in [-0.4, -0.2) is 4.57 Å². The Morgan fingerprint density at radius 3 is 2.73 bits per heavy atom. The first-order valence-corrected chi connectivity index (χ1v) is 6.02. The van der Waals surface area contributed by atoms with Crippen LogP contribution in [0.5, 0.6) is 0 Å². The van der Waals surface area contributed by atoms with Crippen LogP contribution in [0.1, 0.15) is 31.7 Å². The van der Waals surface area contributed by atoms with Gasteiger partial charge in [-0.1, -0.05) is 19.8 Å². The average Bonchev–Trinajstić information content (AvgIpc) is 2.23.